The first kappa shape index (κ1) is 22.8. The fourth-order valence-electron chi connectivity index (χ4n) is 3.04. The van der Waals surface area contributed by atoms with E-state index in [2.05, 4.69) is 15.4 Å². The summed E-state index contributed by atoms with van der Waals surface area (Å²) in [5.74, 6) is -0.511. The summed E-state index contributed by atoms with van der Waals surface area (Å²) in [7, 11) is -2.66. The van der Waals surface area contributed by atoms with Crippen LogP contribution in [0.1, 0.15) is 22.8 Å². The third kappa shape index (κ3) is 5.44. The second-order valence-corrected chi connectivity index (χ2v) is 8.70. The van der Waals surface area contributed by atoms with Crippen LogP contribution in [0, 0.1) is 6.92 Å². The molecule has 3 rings (SSSR count). The quantitative estimate of drug-likeness (QED) is 0.500. The second kappa shape index (κ2) is 9.52. The molecule has 0 aliphatic heterocycles. The molecule has 8 nitrogen and oxygen atoms in total. The minimum Gasteiger partial charge on any atom is -0.495 e. The minimum atomic E-state index is -4.07. The van der Waals surface area contributed by atoms with Crippen molar-refractivity contribution >= 4 is 38.9 Å². The molecule has 3 aromatic carbocycles. The van der Waals surface area contributed by atoms with Crippen LogP contribution in [0.4, 0.5) is 17.1 Å². The van der Waals surface area contributed by atoms with Gasteiger partial charge in [0, 0.05) is 12.6 Å². The van der Waals surface area contributed by atoms with Crippen LogP contribution >= 0.6 is 0 Å². The molecule has 0 radical (unpaired) electrons. The van der Waals surface area contributed by atoms with E-state index in [1.54, 1.807) is 18.2 Å². The lowest BCUT2D eigenvalue weighted by Gasteiger charge is -2.15. The fourth-order valence-corrected chi connectivity index (χ4v) is 4.14. The predicted octanol–water partition coefficient (Wildman–Crippen LogP) is 4.02. The molecule has 0 saturated heterocycles. The normalized spacial score (nSPS) is 10.8. The molecule has 0 fully saturated rings. The maximum atomic E-state index is 13.0. The SMILES string of the molecule is COc1ccc(S(=O)(=O)Nc2ccccc2C(=O)Nc2cccc(C)c2)cc1NC(C)=O. The Balaban J connectivity index is 1.90. The van der Waals surface area contributed by atoms with Crippen molar-refractivity contribution in [2.75, 3.05) is 22.5 Å². The molecular formula is C23H23N3O5S. The number of hydrogen-bond donors (Lipinski definition) is 3. The van der Waals surface area contributed by atoms with Gasteiger partial charge < -0.3 is 15.4 Å². The van der Waals surface area contributed by atoms with Crippen molar-refractivity contribution < 1.29 is 22.7 Å². The third-order valence-electron chi connectivity index (χ3n) is 4.48. The largest absolute Gasteiger partial charge is 0.495 e. The van der Waals surface area contributed by atoms with Gasteiger partial charge in [0.05, 0.1) is 28.9 Å². The van der Waals surface area contributed by atoms with Crippen LogP contribution in [0.3, 0.4) is 0 Å². The zero-order chi connectivity index (χ0) is 23.3. The molecule has 0 aliphatic rings. The number of para-hydroxylation sites is 1. The van der Waals surface area contributed by atoms with E-state index >= 15 is 0 Å². The molecule has 0 aliphatic carbocycles. The molecule has 3 aromatic rings. The lowest BCUT2D eigenvalue weighted by molar-refractivity contribution is -0.114. The number of nitrogens with one attached hydrogen (secondary N) is 3. The molecule has 2 amide bonds. The summed E-state index contributed by atoms with van der Waals surface area (Å²) < 4.78 is 33.7. The third-order valence-corrected chi connectivity index (χ3v) is 5.85. The number of hydrogen-bond acceptors (Lipinski definition) is 5. The van der Waals surface area contributed by atoms with Crippen LogP contribution in [0.15, 0.2) is 71.6 Å². The Morgan fingerprint density at radius 1 is 0.875 bits per heavy atom. The number of sulfonamides is 1. The number of ether oxygens (including phenoxy) is 1. The molecule has 3 N–H and O–H groups in total. The molecular weight excluding hydrogens is 430 g/mol. The van der Waals surface area contributed by atoms with E-state index in [1.807, 2.05) is 25.1 Å². The smallest absolute Gasteiger partial charge is 0.261 e. The molecule has 0 spiro atoms. The van der Waals surface area contributed by atoms with Gasteiger partial charge >= 0.3 is 0 Å². The Morgan fingerprint density at radius 2 is 1.62 bits per heavy atom. The van der Waals surface area contributed by atoms with Gasteiger partial charge in [-0.05, 0) is 55.0 Å². The number of rotatable bonds is 7. The molecule has 32 heavy (non-hydrogen) atoms. The highest BCUT2D eigenvalue weighted by atomic mass is 32.2. The summed E-state index contributed by atoms with van der Waals surface area (Å²) in [6.45, 7) is 3.21. The van der Waals surface area contributed by atoms with Gasteiger partial charge in [-0.1, -0.05) is 24.3 Å². The van der Waals surface area contributed by atoms with Crippen LogP contribution in [0.25, 0.3) is 0 Å². The summed E-state index contributed by atoms with van der Waals surface area (Å²) in [5, 5.41) is 5.31. The van der Waals surface area contributed by atoms with Crippen molar-refractivity contribution in [2.45, 2.75) is 18.7 Å². The van der Waals surface area contributed by atoms with Gasteiger partial charge in [0.25, 0.3) is 15.9 Å². The lowest BCUT2D eigenvalue weighted by atomic mass is 10.1. The maximum absolute atomic E-state index is 13.0. The summed E-state index contributed by atoms with van der Waals surface area (Å²) in [4.78, 5) is 24.2. The molecule has 166 valence electrons. The Bertz CT molecular complexity index is 1270. The van der Waals surface area contributed by atoms with Gasteiger partial charge in [-0.15, -0.1) is 0 Å². The topological polar surface area (TPSA) is 114 Å². The van der Waals surface area contributed by atoms with Crippen molar-refractivity contribution in [3.8, 4) is 5.75 Å². The highest BCUT2D eigenvalue weighted by molar-refractivity contribution is 7.92. The summed E-state index contributed by atoms with van der Waals surface area (Å²) >= 11 is 0. The highest BCUT2D eigenvalue weighted by Gasteiger charge is 2.20. The fraction of sp³-hybridized carbons (Fsp3) is 0.130. The summed E-state index contributed by atoms with van der Waals surface area (Å²) in [5.41, 5.74) is 2.07. The summed E-state index contributed by atoms with van der Waals surface area (Å²) in [6.07, 6.45) is 0. The van der Waals surface area contributed by atoms with E-state index in [1.165, 1.54) is 44.4 Å². The number of methoxy groups -OCH3 is 1. The first-order valence-corrected chi connectivity index (χ1v) is 11.1. The van der Waals surface area contributed by atoms with Gasteiger partial charge in [0.2, 0.25) is 5.91 Å². The Morgan fingerprint density at radius 3 is 2.31 bits per heavy atom. The molecule has 0 atom stereocenters. The van der Waals surface area contributed by atoms with E-state index in [9.17, 15) is 18.0 Å². The molecule has 9 heteroatoms. The van der Waals surface area contributed by atoms with Gasteiger partial charge in [0.1, 0.15) is 5.75 Å². The van der Waals surface area contributed by atoms with E-state index in [0.717, 1.165) is 5.56 Å². The molecule has 0 bridgehead atoms. The van der Waals surface area contributed by atoms with Crippen molar-refractivity contribution in [3.63, 3.8) is 0 Å². The van der Waals surface area contributed by atoms with E-state index in [-0.39, 0.29) is 27.7 Å². The second-order valence-electron chi connectivity index (χ2n) is 7.02. The van der Waals surface area contributed by atoms with Crippen LogP contribution in [0.5, 0.6) is 5.75 Å². The van der Waals surface area contributed by atoms with Crippen LogP contribution in [-0.4, -0.2) is 27.3 Å². The minimum absolute atomic E-state index is 0.101. The number of carbonyl (C=O) groups is 2. The van der Waals surface area contributed by atoms with E-state index < -0.39 is 15.9 Å². The molecule has 0 saturated carbocycles. The van der Waals surface area contributed by atoms with Crippen molar-refractivity contribution in [1.82, 2.24) is 0 Å². The zero-order valence-electron chi connectivity index (χ0n) is 17.8. The van der Waals surface area contributed by atoms with Crippen molar-refractivity contribution in [1.29, 1.82) is 0 Å². The standard InChI is InChI=1S/C23H23N3O5S/c1-15-7-6-8-17(13-15)25-23(28)19-9-4-5-10-20(19)26-32(29,30)18-11-12-22(31-3)21(14-18)24-16(2)27/h4-14,26H,1-3H3,(H,24,27)(H,25,28). The van der Waals surface area contributed by atoms with E-state index in [4.69, 9.17) is 4.74 Å². The first-order valence-electron chi connectivity index (χ1n) is 9.65. The number of anilines is 3. The van der Waals surface area contributed by atoms with Crippen molar-refractivity contribution in [3.05, 3.63) is 77.9 Å². The predicted molar refractivity (Wildman–Crippen MR) is 124 cm³/mol. The average Bonchev–Trinajstić information content (AvgIpc) is 2.73. The van der Waals surface area contributed by atoms with Crippen LogP contribution < -0.4 is 20.1 Å². The summed E-state index contributed by atoms with van der Waals surface area (Å²) in [6, 6.07) is 17.7. The highest BCUT2D eigenvalue weighted by Crippen LogP contribution is 2.29. The van der Waals surface area contributed by atoms with Gasteiger partial charge in [-0.25, -0.2) is 8.42 Å². The molecule has 0 heterocycles. The van der Waals surface area contributed by atoms with Gasteiger partial charge in [0.15, 0.2) is 0 Å². The Labute approximate surface area is 186 Å². The lowest BCUT2D eigenvalue weighted by Crippen LogP contribution is -2.19. The van der Waals surface area contributed by atoms with E-state index in [0.29, 0.717) is 11.4 Å². The van der Waals surface area contributed by atoms with Gasteiger partial charge in [-0.3, -0.25) is 14.3 Å². The van der Waals surface area contributed by atoms with Crippen LogP contribution in [-0.2, 0) is 14.8 Å². The Kier molecular flexibility index (Phi) is 6.79. The molecule has 0 unspecified atom stereocenters. The monoisotopic (exact) mass is 453 g/mol. The number of benzene rings is 3. The van der Waals surface area contributed by atoms with Gasteiger partial charge in [-0.2, -0.15) is 0 Å². The number of carbonyl (C=O) groups excluding carboxylic acids is 2. The number of aryl methyl sites for hydroxylation is 1. The zero-order valence-corrected chi connectivity index (χ0v) is 18.6. The van der Waals surface area contributed by atoms with Crippen LogP contribution in [0.2, 0.25) is 0 Å². The average molecular weight is 454 g/mol. The Hall–Kier alpha value is -3.85. The van der Waals surface area contributed by atoms with Crippen molar-refractivity contribution in [2.24, 2.45) is 0 Å². The maximum Gasteiger partial charge on any atom is 0.261 e. The number of amides is 2. The first-order chi connectivity index (χ1) is 15.2. The molecule has 0 aromatic heterocycles.